The van der Waals surface area contributed by atoms with Gasteiger partial charge < -0.3 is 4.74 Å². The molecule has 0 saturated heterocycles. The van der Waals surface area contributed by atoms with Gasteiger partial charge in [0.2, 0.25) is 5.90 Å². The van der Waals surface area contributed by atoms with Crippen LogP contribution in [0, 0.1) is 0 Å². The average molecular weight is 182 g/mol. The maximum atomic E-state index is 5.74. The van der Waals surface area contributed by atoms with Crippen LogP contribution in [0.4, 0.5) is 0 Å². The van der Waals surface area contributed by atoms with Crippen LogP contribution in [0.15, 0.2) is 35.3 Å². The molecule has 0 amide bonds. The predicted octanol–water partition coefficient (Wildman–Crippen LogP) is 2.03. The quantitative estimate of drug-likeness (QED) is 0.480. The van der Waals surface area contributed by atoms with Gasteiger partial charge in [0.25, 0.3) is 0 Å². The number of aliphatic imine (C=N–C) groups is 1. The van der Waals surface area contributed by atoms with Gasteiger partial charge in [0, 0.05) is 5.56 Å². The van der Waals surface area contributed by atoms with Crippen molar-refractivity contribution >= 4 is 17.5 Å². The Morgan fingerprint density at radius 2 is 2.08 bits per heavy atom. The van der Waals surface area contributed by atoms with Gasteiger partial charge >= 0.3 is 0 Å². The van der Waals surface area contributed by atoms with E-state index in [9.17, 15) is 0 Å². The van der Waals surface area contributed by atoms with E-state index < -0.39 is 0 Å². The van der Waals surface area contributed by atoms with Gasteiger partial charge in [-0.1, -0.05) is 29.8 Å². The van der Waals surface area contributed by atoms with Gasteiger partial charge in [0.05, 0.1) is 0 Å². The second-order valence-electron chi connectivity index (χ2n) is 2.55. The summed E-state index contributed by atoms with van der Waals surface area (Å²) in [5.41, 5.74) is 0.765. The average Bonchev–Trinajstić information content (AvgIpc) is 2.54. The fourth-order valence-corrected chi connectivity index (χ4v) is 1.24. The van der Waals surface area contributed by atoms with Crippen molar-refractivity contribution in [2.24, 2.45) is 4.99 Å². The molecule has 2 rings (SSSR count). The molecule has 1 aromatic carbocycles. The first-order valence-electron chi connectivity index (χ1n) is 3.76. The Bertz CT molecular complexity index is 297. The highest BCUT2D eigenvalue weighted by molar-refractivity contribution is 6.22. The lowest BCUT2D eigenvalue weighted by Gasteiger charge is -1.98. The largest absolute Gasteiger partial charge is 0.474 e. The standard InChI is InChI=1S/C9H8ClNO/c10-8-6-12-9(11-8)7-4-2-1-3-5-7/h1-5,8H,6H2. The van der Waals surface area contributed by atoms with Gasteiger partial charge in [0.1, 0.15) is 6.61 Å². The minimum absolute atomic E-state index is 0.222. The van der Waals surface area contributed by atoms with E-state index in [0.29, 0.717) is 12.5 Å². The summed E-state index contributed by atoms with van der Waals surface area (Å²) in [5, 5.41) is 0. The minimum atomic E-state index is -0.222. The highest BCUT2D eigenvalue weighted by Crippen LogP contribution is 2.13. The third-order valence-electron chi connectivity index (χ3n) is 1.64. The van der Waals surface area contributed by atoms with Crippen molar-refractivity contribution in [1.29, 1.82) is 0 Å². The third kappa shape index (κ3) is 1.43. The van der Waals surface area contributed by atoms with Gasteiger partial charge in [-0.05, 0) is 12.1 Å². The van der Waals surface area contributed by atoms with Crippen molar-refractivity contribution < 1.29 is 4.74 Å². The second kappa shape index (κ2) is 3.15. The van der Waals surface area contributed by atoms with Crippen molar-refractivity contribution in [2.45, 2.75) is 5.50 Å². The number of benzene rings is 1. The SMILES string of the molecule is ClC1COC(c2ccccc2)=N1. The molecule has 0 spiro atoms. The van der Waals surface area contributed by atoms with Crippen LogP contribution in [0.25, 0.3) is 0 Å². The number of rotatable bonds is 1. The summed E-state index contributed by atoms with van der Waals surface area (Å²) in [4.78, 5) is 4.12. The molecular weight excluding hydrogens is 174 g/mol. The Labute approximate surface area is 75.8 Å². The summed E-state index contributed by atoms with van der Waals surface area (Å²) in [6.07, 6.45) is 0. The van der Waals surface area contributed by atoms with Gasteiger partial charge in [-0.15, -0.1) is 0 Å². The molecule has 1 aliphatic rings. The van der Waals surface area contributed by atoms with E-state index in [2.05, 4.69) is 4.99 Å². The first-order valence-corrected chi connectivity index (χ1v) is 4.20. The highest BCUT2D eigenvalue weighted by atomic mass is 35.5. The van der Waals surface area contributed by atoms with Crippen LogP contribution in [0.1, 0.15) is 5.56 Å². The van der Waals surface area contributed by atoms with E-state index in [1.54, 1.807) is 0 Å². The Kier molecular flexibility index (Phi) is 2.00. The molecule has 2 nitrogen and oxygen atoms in total. The lowest BCUT2D eigenvalue weighted by atomic mass is 10.2. The maximum absolute atomic E-state index is 5.74. The summed E-state index contributed by atoms with van der Waals surface area (Å²) in [6.45, 7) is 0.478. The predicted molar refractivity (Wildman–Crippen MR) is 48.6 cm³/mol. The number of alkyl halides is 1. The zero-order valence-corrected chi connectivity index (χ0v) is 7.16. The molecule has 1 heterocycles. The summed E-state index contributed by atoms with van der Waals surface area (Å²) in [5.74, 6) is 0.649. The molecule has 0 saturated carbocycles. The summed E-state index contributed by atoms with van der Waals surface area (Å²) >= 11 is 5.74. The zero-order valence-electron chi connectivity index (χ0n) is 6.40. The van der Waals surface area contributed by atoms with Crippen LogP contribution >= 0.6 is 11.6 Å². The fourth-order valence-electron chi connectivity index (χ4n) is 1.09. The normalized spacial score (nSPS) is 21.8. The molecule has 0 aliphatic carbocycles. The van der Waals surface area contributed by atoms with E-state index in [-0.39, 0.29) is 5.50 Å². The molecule has 62 valence electrons. The molecule has 3 heteroatoms. The van der Waals surface area contributed by atoms with Crippen LogP contribution in [0.3, 0.4) is 0 Å². The first kappa shape index (κ1) is 7.62. The molecule has 1 aliphatic heterocycles. The number of ether oxygens (including phenoxy) is 1. The van der Waals surface area contributed by atoms with E-state index in [0.717, 1.165) is 5.56 Å². The molecule has 0 aromatic heterocycles. The minimum Gasteiger partial charge on any atom is -0.474 e. The fraction of sp³-hybridized carbons (Fsp3) is 0.222. The Balaban J connectivity index is 2.27. The maximum Gasteiger partial charge on any atom is 0.217 e. The van der Waals surface area contributed by atoms with Gasteiger partial charge in [-0.3, -0.25) is 0 Å². The smallest absolute Gasteiger partial charge is 0.217 e. The summed E-state index contributed by atoms with van der Waals surface area (Å²) < 4.78 is 5.27. The summed E-state index contributed by atoms with van der Waals surface area (Å²) in [6, 6.07) is 9.75. The van der Waals surface area contributed by atoms with Gasteiger partial charge in [-0.25, -0.2) is 4.99 Å². The van der Waals surface area contributed by atoms with Crippen LogP contribution in [0.5, 0.6) is 0 Å². The third-order valence-corrected chi connectivity index (χ3v) is 1.86. The Morgan fingerprint density at radius 1 is 1.33 bits per heavy atom. The molecule has 1 atom stereocenters. The second-order valence-corrected chi connectivity index (χ2v) is 3.05. The highest BCUT2D eigenvalue weighted by Gasteiger charge is 2.16. The number of hydrogen-bond donors (Lipinski definition) is 0. The Hall–Kier alpha value is -1.02. The number of hydrogen-bond acceptors (Lipinski definition) is 2. The molecule has 1 unspecified atom stereocenters. The van der Waals surface area contributed by atoms with Crippen molar-refractivity contribution in [2.75, 3.05) is 6.61 Å². The molecule has 0 radical (unpaired) electrons. The zero-order chi connectivity index (χ0) is 8.39. The van der Waals surface area contributed by atoms with Crippen molar-refractivity contribution in [3.63, 3.8) is 0 Å². The lowest BCUT2D eigenvalue weighted by Crippen LogP contribution is -2.00. The molecule has 12 heavy (non-hydrogen) atoms. The molecular formula is C9H8ClNO. The molecule has 0 fully saturated rings. The number of halogens is 1. The van der Waals surface area contributed by atoms with Crippen LogP contribution in [0.2, 0.25) is 0 Å². The van der Waals surface area contributed by atoms with E-state index in [4.69, 9.17) is 16.3 Å². The van der Waals surface area contributed by atoms with E-state index in [1.807, 2.05) is 30.3 Å². The van der Waals surface area contributed by atoms with Crippen LogP contribution < -0.4 is 0 Å². The Morgan fingerprint density at radius 3 is 2.67 bits per heavy atom. The monoisotopic (exact) mass is 181 g/mol. The molecule has 0 bridgehead atoms. The molecule has 1 aromatic rings. The topological polar surface area (TPSA) is 21.6 Å². The lowest BCUT2D eigenvalue weighted by molar-refractivity contribution is 0.340. The van der Waals surface area contributed by atoms with Gasteiger partial charge in [0.15, 0.2) is 5.50 Å². The van der Waals surface area contributed by atoms with Crippen LogP contribution in [-0.2, 0) is 4.74 Å². The van der Waals surface area contributed by atoms with Gasteiger partial charge in [-0.2, -0.15) is 0 Å². The van der Waals surface area contributed by atoms with Crippen molar-refractivity contribution in [3.05, 3.63) is 35.9 Å². The van der Waals surface area contributed by atoms with E-state index in [1.165, 1.54) is 0 Å². The van der Waals surface area contributed by atoms with Crippen LogP contribution in [-0.4, -0.2) is 18.0 Å². The van der Waals surface area contributed by atoms with Crippen molar-refractivity contribution in [1.82, 2.24) is 0 Å². The first-order chi connectivity index (χ1) is 5.86. The van der Waals surface area contributed by atoms with Crippen molar-refractivity contribution in [3.8, 4) is 0 Å². The van der Waals surface area contributed by atoms with E-state index >= 15 is 0 Å². The number of nitrogens with zero attached hydrogens (tertiary/aromatic N) is 1. The molecule has 0 N–H and O–H groups in total. The summed E-state index contributed by atoms with van der Waals surface area (Å²) in [7, 11) is 0.